The molecule has 0 aliphatic rings. The molecule has 104 valence electrons. The van der Waals surface area contributed by atoms with Gasteiger partial charge in [0.15, 0.2) is 0 Å². The van der Waals surface area contributed by atoms with Crippen LogP contribution >= 0.6 is 11.8 Å². The lowest BCUT2D eigenvalue weighted by atomic mass is 10.3. The van der Waals surface area contributed by atoms with Crippen LogP contribution in [0.5, 0.6) is 0 Å². The smallest absolute Gasteiger partial charge is 0.269 e. The molecule has 9 heteroatoms. The van der Waals surface area contributed by atoms with E-state index in [0.717, 1.165) is 4.90 Å². The van der Waals surface area contributed by atoms with Gasteiger partial charge in [0.2, 0.25) is 5.91 Å². The summed E-state index contributed by atoms with van der Waals surface area (Å²) in [7, 11) is 0. The van der Waals surface area contributed by atoms with Crippen LogP contribution in [0.15, 0.2) is 35.5 Å². The first kappa shape index (κ1) is 14.0. The summed E-state index contributed by atoms with van der Waals surface area (Å²) in [6, 6.07) is 6.06. The van der Waals surface area contributed by atoms with E-state index in [1.807, 2.05) is 0 Å². The summed E-state index contributed by atoms with van der Waals surface area (Å²) in [5.41, 5.74) is 0.0316. The van der Waals surface area contributed by atoms with E-state index in [-0.39, 0.29) is 17.3 Å². The van der Waals surface area contributed by atoms with E-state index in [1.54, 1.807) is 12.1 Å². The van der Waals surface area contributed by atoms with E-state index >= 15 is 0 Å². The van der Waals surface area contributed by atoms with Crippen molar-refractivity contribution in [2.45, 2.75) is 11.4 Å². The molecule has 0 saturated heterocycles. The Hall–Kier alpha value is -2.42. The number of nitro groups is 1. The largest absolute Gasteiger partial charge is 0.348 e. The molecule has 0 atom stereocenters. The number of rotatable bonds is 6. The molecule has 20 heavy (non-hydrogen) atoms. The molecule has 2 N–H and O–H groups in total. The van der Waals surface area contributed by atoms with Crippen LogP contribution in [0.4, 0.5) is 5.69 Å². The highest BCUT2D eigenvalue weighted by Gasteiger charge is 2.07. The van der Waals surface area contributed by atoms with Gasteiger partial charge in [0.25, 0.3) is 5.69 Å². The van der Waals surface area contributed by atoms with Crippen LogP contribution in [0.3, 0.4) is 0 Å². The number of carbonyl (C=O) groups excluding carboxylic acids is 1. The summed E-state index contributed by atoms with van der Waals surface area (Å²) in [6.07, 6.45) is 1.37. The zero-order valence-corrected chi connectivity index (χ0v) is 11.1. The third-order valence-electron chi connectivity index (χ3n) is 2.34. The van der Waals surface area contributed by atoms with E-state index in [2.05, 4.69) is 20.5 Å². The Morgan fingerprint density at radius 2 is 2.15 bits per heavy atom. The van der Waals surface area contributed by atoms with Gasteiger partial charge in [-0.15, -0.1) is 11.8 Å². The number of aromatic amines is 1. The fraction of sp³-hybridized carbons (Fsp3) is 0.182. The van der Waals surface area contributed by atoms with Crippen molar-refractivity contribution < 1.29 is 9.72 Å². The molecule has 0 aliphatic carbocycles. The van der Waals surface area contributed by atoms with Crippen molar-refractivity contribution in [1.29, 1.82) is 0 Å². The number of aromatic nitrogens is 3. The van der Waals surface area contributed by atoms with E-state index in [1.165, 1.54) is 30.2 Å². The summed E-state index contributed by atoms with van der Waals surface area (Å²) >= 11 is 1.31. The fourth-order valence-corrected chi connectivity index (χ4v) is 2.09. The average Bonchev–Trinajstić information content (AvgIpc) is 2.96. The number of hydrogen-bond donors (Lipinski definition) is 2. The Balaban J connectivity index is 1.76. The van der Waals surface area contributed by atoms with Crippen LogP contribution < -0.4 is 5.32 Å². The lowest BCUT2D eigenvalue weighted by Crippen LogP contribution is -2.25. The highest BCUT2D eigenvalue weighted by molar-refractivity contribution is 8.00. The van der Waals surface area contributed by atoms with Gasteiger partial charge >= 0.3 is 0 Å². The summed E-state index contributed by atoms with van der Waals surface area (Å²) in [5, 5.41) is 19.5. The maximum absolute atomic E-state index is 11.6. The number of carbonyl (C=O) groups is 1. The molecule has 0 fully saturated rings. The molecule has 0 spiro atoms. The fourth-order valence-electron chi connectivity index (χ4n) is 1.36. The van der Waals surface area contributed by atoms with Crippen molar-refractivity contribution in [2.75, 3.05) is 5.75 Å². The number of benzene rings is 1. The predicted molar refractivity (Wildman–Crippen MR) is 72.0 cm³/mol. The van der Waals surface area contributed by atoms with Gasteiger partial charge in [-0.3, -0.25) is 20.0 Å². The topological polar surface area (TPSA) is 114 Å². The normalized spacial score (nSPS) is 10.2. The molecule has 1 amide bonds. The van der Waals surface area contributed by atoms with Crippen LogP contribution in [-0.4, -0.2) is 31.8 Å². The number of thioether (sulfide) groups is 1. The first-order valence-electron chi connectivity index (χ1n) is 5.63. The van der Waals surface area contributed by atoms with Gasteiger partial charge in [-0.1, -0.05) is 0 Å². The first-order valence-corrected chi connectivity index (χ1v) is 6.62. The van der Waals surface area contributed by atoms with Crippen LogP contribution in [0, 0.1) is 10.1 Å². The molecule has 0 aliphatic heterocycles. The molecule has 0 unspecified atom stereocenters. The minimum Gasteiger partial charge on any atom is -0.348 e. The molecule has 0 bridgehead atoms. The van der Waals surface area contributed by atoms with Gasteiger partial charge in [0.05, 0.1) is 17.2 Å². The van der Waals surface area contributed by atoms with Crippen molar-refractivity contribution in [3.05, 3.63) is 46.5 Å². The zero-order valence-electron chi connectivity index (χ0n) is 10.3. The van der Waals surface area contributed by atoms with Crippen molar-refractivity contribution in [3.63, 3.8) is 0 Å². The first-order chi connectivity index (χ1) is 9.65. The lowest BCUT2D eigenvalue weighted by Gasteiger charge is -2.03. The molecule has 1 aromatic heterocycles. The highest BCUT2D eigenvalue weighted by atomic mass is 32.2. The van der Waals surface area contributed by atoms with Crippen LogP contribution in [0.2, 0.25) is 0 Å². The van der Waals surface area contributed by atoms with Crippen LogP contribution in [-0.2, 0) is 11.3 Å². The number of nitrogens with zero attached hydrogens (tertiary/aromatic N) is 3. The number of nitrogens with one attached hydrogen (secondary N) is 2. The molecular weight excluding hydrogens is 282 g/mol. The van der Waals surface area contributed by atoms with Gasteiger partial charge < -0.3 is 5.32 Å². The standard InChI is InChI=1S/C11H11N5O3S/c17-11(12-5-10-13-7-14-15-10)6-20-9-3-1-8(2-4-9)16(18)19/h1-4,7H,5-6H2,(H,12,17)(H,13,14,15). The van der Waals surface area contributed by atoms with Crippen molar-refractivity contribution >= 4 is 23.4 Å². The second-order valence-electron chi connectivity index (χ2n) is 3.75. The Kier molecular flexibility index (Phi) is 4.66. The summed E-state index contributed by atoms with van der Waals surface area (Å²) in [4.78, 5) is 26.3. The second kappa shape index (κ2) is 6.66. The Morgan fingerprint density at radius 1 is 1.40 bits per heavy atom. The third-order valence-corrected chi connectivity index (χ3v) is 3.35. The van der Waals surface area contributed by atoms with Gasteiger partial charge in [0.1, 0.15) is 12.2 Å². The Labute approximate surface area is 118 Å². The van der Waals surface area contributed by atoms with Crippen molar-refractivity contribution in [1.82, 2.24) is 20.5 Å². The molecule has 8 nitrogen and oxygen atoms in total. The number of H-pyrrole nitrogens is 1. The SMILES string of the molecule is O=C(CSc1ccc([N+](=O)[O-])cc1)NCc1ncn[nH]1. The molecule has 1 heterocycles. The quantitative estimate of drug-likeness (QED) is 0.468. The van der Waals surface area contributed by atoms with Gasteiger partial charge in [-0.2, -0.15) is 5.10 Å². The molecule has 0 saturated carbocycles. The minimum atomic E-state index is -0.460. The van der Waals surface area contributed by atoms with Crippen molar-refractivity contribution in [2.24, 2.45) is 0 Å². The van der Waals surface area contributed by atoms with Crippen LogP contribution in [0.1, 0.15) is 5.82 Å². The lowest BCUT2D eigenvalue weighted by molar-refractivity contribution is -0.384. The summed E-state index contributed by atoms with van der Waals surface area (Å²) in [5.74, 6) is 0.662. The number of nitro benzene ring substituents is 1. The molecule has 0 radical (unpaired) electrons. The molecular formula is C11H11N5O3S. The maximum atomic E-state index is 11.6. The summed E-state index contributed by atoms with van der Waals surface area (Å²) < 4.78 is 0. The summed E-state index contributed by atoms with van der Waals surface area (Å²) in [6.45, 7) is 0.291. The van der Waals surface area contributed by atoms with E-state index in [9.17, 15) is 14.9 Å². The molecule has 2 aromatic rings. The zero-order chi connectivity index (χ0) is 14.4. The monoisotopic (exact) mass is 293 g/mol. The Morgan fingerprint density at radius 3 is 2.75 bits per heavy atom. The van der Waals surface area contributed by atoms with Gasteiger partial charge in [-0.25, -0.2) is 4.98 Å². The van der Waals surface area contributed by atoms with Crippen molar-refractivity contribution in [3.8, 4) is 0 Å². The second-order valence-corrected chi connectivity index (χ2v) is 4.80. The maximum Gasteiger partial charge on any atom is 0.269 e. The molecule has 2 rings (SSSR count). The highest BCUT2D eigenvalue weighted by Crippen LogP contribution is 2.20. The van der Waals surface area contributed by atoms with Gasteiger partial charge in [-0.05, 0) is 12.1 Å². The molecule has 1 aromatic carbocycles. The number of hydrogen-bond acceptors (Lipinski definition) is 6. The van der Waals surface area contributed by atoms with E-state index in [4.69, 9.17) is 0 Å². The van der Waals surface area contributed by atoms with Crippen LogP contribution in [0.25, 0.3) is 0 Å². The van der Waals surface area contributed by atoms with E-state index < -0.39 is 4.92 Å². The van der Waals surface area contributed by atoms with E-state index in [0.29, 0.717) is 12.4 Å². The predicted octanol–water partition coefficient (Wildman–Crippen LogP) is 1.12. The number of amides is 1. The average molecular weight is 293 g/mol. The number of non-ortho nitro benzene ring substituents is 1. The minimum absolute atomic E-state index is 0.0316. The Bertz CT molecular complexity index is 585. The third kappa shape index (κ3) is 4.05. The van der Waals surface area contributed by atoms with Gasteiger partial charge in [0, 0.05) is 17.0 Å².